The molecule has 0 radical (unpaired) electrons. The highest BCUT2D eigenvalue weighted by molar-refractivity contribution is 5.85. The Labute approximate surface area is 225 Å². The van der Waals surface area contributed by atoms with E-state index in [1.165, 1.54) is 6.08 Å². The topological polar surface area (TPSA) is 133 Å². The molecular formula is C29H29NO9. The maximum Gasteiger partial charge on any atom is 0.412 e. The minimum Gasteiger partial charge on any atom is -0.491 e. The maximum atomic E-state index is 13.1. The molecule has 0 spiro atoms. The summed E-state index contributed by atoms with van der Waals surface area (Å²) < 4.78 is 28.3. The van der Waals surface area contributed by atoms with Gasteiger partial charge in [0.2, 0.25) is 6.79 Å². The van der Waals surface area contributed by atoms with Crippen molar-refractivity contribution in [3.8, 4) is 23.0 Å². The molecule has 1 aliphatic rings. The molecule has 2 atom stereocenters. The molecule has 3 aromatic rings. The second kappa shape index (κ2) is 13.7. The number of allylic oxidation sites excluding steroid dienone is 1. The Morgan fingerprint density at radius 2 is 1.74 bits per heavy atom. The zero-order valence-corrected chi connectivity index (χ0v) is 21.0. The third-order valence-corrected chi connectivity index (χ3v) is 5.67. The number of aliphatic carboxylic acids is 1. The quantitative estimate of drug-likeness (QED) is 0.260. The molecule has 1 amide bonds. The molecule has 0 unspecified atom stereocenters. The monoisotopic (exact) mass is 535 g/mol. The fraction of sp³-hybridized carbons (Fsp3) is 0.241. The average molecular weight is 536 g/mol. The molecule has 3 N–H and O–H groups in total. The Balaban J connectivity index is 1.58. The van der Waals surface area contributed by atoms with E-state index < -0.39 is 24.3 Å². The van der Waals surface area contributed by atoms with E-state index in [0.29, 0.717) is 47.1 Å². The molecule has 1 heterocycles. The summed E-state index contributed by atoms with van der Waals surface area (Å²) in [4.78, 5) is 24.0. The van der Waals surface area contributed by atoms with Crippen LogP contribution in [0.5, 0.6) is 23.0 Å². The first-order chi connectivity index (χ1) is 19.0. The van der Waals surface area contributed by atoms with Gasteiger partial charge in [0.05, 0.1) is 6.61 Å². The number of ether oxygens (including phenoxy) is 5. The fourth-order valence-electron chi connectivity index (χ4n) is 3.90. The minimum atomic E-state index is -1.05. The standard InChI is InChI=1S/C29H29NO9/c31-16-17-35-22-13-10-20(11-14-22)28(39-29(34)30-21-12-15-24-26(18-21)37-19-36-24)25(8-4-5-9-27(32)33)38-23-6-2-1-3-7-23/h1-3,5-7,9-15,18,25,28,31H,4,8,16-17,19H2,(H,30,34)(H,32,33)/b9-5+/t25-,28-/m1/s1. The zero-order chi connectivity index (χ0) is 27.5. The molecule has 0 fully saturated rings. The van der Waals surface area contributed by atoms with E-state index in [1.54, 1.807) is 54.6 Å². The van der Waals surface area contributed by atoms with Crippen LogP contribution in [0, 0.1) is 0 Å². The highest BCUT2D eigenvalue weighted by Crippen LogP contribution is 2.35. The van der Waals surface area contributed by atoms with Crippen LogP contribution in [0.15, 0.2) is 84.9 Å². The highest BCUT2D eigenvalue weighted by atomic mass is 16.7. The molecule has 10 nitrogen and oxygen atoms in total. The molecule has 1 aliphatic heterocycles. The van der Waals surface area contributed by atoms with Gasteiger partial charge in [-0.1, -0.05) is 36.4 Å². The second-order valence-corrected chi connectivity index (χ2v) is 8.45. The van der Waals surface area contributed by atoms with E-state index in [-0.39, 0.29) is 20.0 Å². The lowest BCUT2D eigenvalue weighted by Crippen LogP contribution is -2.31. The van der Waals surface area contributed by atoms with E-state index >= 15 is 0 Å². The SMILES string of the molecule is O=C(O)/C=C/CC[C@@H](Oc1ccccc1)[C@H](OC(=O)Nc1ccc2c(c1)OCO2)c1ccc(OCCO)cc1. The van der Waals surface area contributed by atoms with Gasteiger partial charge in [0.25, 0.3) is 0 Å². The molecule has 0 aromatic heterocycles. The molecule has 0 saturated carbocycles. The van der Waals surface area contributed by atoms with Gasteiger partial charge in [-0.15, -0.1) is 0 Å². The fourth-order valence-corrected chi connectivity index (χ4v) is 3.90. The zero-order valence-electron chi connectivity index (χ0n) is 21.0. The predicted molar refractivity (Wildman–Crippen MR) is 141 cm³/mol. The molecule has 39 heavy (non-hydrogen) atoms. The lowest BCUT2D eigenvalue weighted by molar-refractivity contribution is -0.131. The van der Waals surface area contributed by atoms with Crippen LogP contribution < -0.4 is 24.3 Å². The summed E-state index contributed by atoms with van der Waals surface area (Å²) in [6.07, 6.45) is 1.05. The highest BCUT2D eigenvalue weighted by Gasteiger charge is 2.29. The van der Waals surface area contributed by atoms with E-state index in [9.17, 15) is 9.59 Å². The van der Waals surface area contributed by atoms with Crippen LogP contribution in [0.1, 0.15) is 24.5 Å². The first-order valence-corrected chi connectivity index (χ1v) is 12.3. The molecule has 0 saturated heterocycles. The van der Waals surface area contributed by atoms with Crippen LogP contribution >= 0.6 is 0 Å². The number of benzene rings is 3. The van der Waals surface area contributed by atoms with Crippen molar-refractivity contribution in [3.05, 3.63) is 90.5 Å². The predicted octanol–water partition coefficient (Wildman–Crippen LogP) is 4.94. The molecule has 10 heteroatoms. The third-order valence-electron chi connectivity index (χ3n) is 5.67. The molecule has 0 aliphatic carbocycles. The number of anilines is 1. The first kappa shape index (κ1) is 27.3. The minimum absolute atomic E-state index is 0.109. The van der Waals surface area contributed by atoms with Crippen molar-refractivity contribution < 1.29 is 43.5 Å². The smallest absolute Gasteiger partial charge is 0.412 e. The number of amides is 1. The van der Waals surface area contributed by atoms with Gasteiger partial charge < -0.3 is 33.9 Å². The van der Waals surface area contributed by atoms with E-state index in [0.717, 1.165) is 6.08 Å². The third kappa shape index (κ3) is 8.14. The first-order valence-electron chi connectivity index (χ1n) is 12.3. The second-order valence-electron chi connectivity index (χ2n) is 8.45. The number of aliphatic hydroxyl groups excluding tert-OH is 1. The molecular weight excluding hydrogens is 506 g/mol. The van der Waals surface area contributed by atoms with Gasteiger partial charge in [0, 0.05) is 17.8 Å². The summed E-state index contributed by atoms with van der Waals surface area (Å²) in [5.41, 5.74) is 1.09. The number of hydrogen-bond donors (Lipinski definition) is 3. The van der Waals surface area contributed by atoms with Crippen LogP contribution in [0.4, 0.5) is 10.5 Å². The van der Waals surface area contributed by atoms with Gasteiger partial charge in [0.1, 0.15) is 24.2 Å². The number of aliphatic hydroxyl groups is 1. The number of carboxylic acids is 1. The molecule has 0 bridgehead atoms. The summed E-state index contributed by atoms with van der Waals surface area (Å²) >= 11 is 0. The van der Waals surface area contributed by atoms with E-state index in [1.807, 2.05) is 18.2 Å². The van der Waals surface area contributed by atoms with Crippen molar-refractivity contribution in [1.82, 2.24) is 0 Å². The number of carbonyl (C=O) groups excluding carboxylic acids is 1. The number of carbonyl (C=O) groups is 2. The van der Waals surface area contributed by atoms with Crippen LogP contribution in [0.3, 0.4) is 0 Å². The number of fused-ring (bicyclic) bond motifs is 1. The van der Waals surface area contributed by atoms with Crippen molar-refractivity contribution in [1.29, 1.82) is 0 Å². The van der Waals surface area contributed by atoms with Gasteiger partial charge in [-0.3, -0.25) is 5.32 Å². The van der Waals surface area contributed by atoms with Gasteiger partial charge in [0.15, 0.2) is 17.6 Å². The summed E-state index contributed by atoms with van der Waals surface area (Å²) in [5, 5.41) is 20.7. The van der Waals surface area contributed by atoms with Crippen LogP contribution in [-0.2, 0) is 9.53 Å². The number of nitrogens with one attached hydrogen (secondary N) is 1. The van der Waals surface area contributed by atoms with Gasteiger partial charge in [-0.05, 0) is 54.8 Å². The normalized spacial score (nSPS) is 13.5. The van der Waals surface area contributed by atoms with Crippen molar-refractivity contribution in [2.24, 2.45) is 0 Å². The van der Waals surface area contributed by atoms with Gasteiger partial charge in [-0.2, -0.15) is 0 Å². The summed E-state index contributed by atoms with van der Waals surface area (Å²) in [6.45, 7) is 0.134. The van der Waals surface area contributed by atoms with Gasteiger partial charge in [-0.25, -0.2) is 9.59 Å². The Bertz CT molecular complexity index is 1260. The number of hydrogen-bond acceptors (Lipinski definition) is 8. The Morgan fingerprint density at radius 3 is 2.49 bits per heavy atom. The van der Waals surface area contributed by atoms with Gasteiger partial charge >= 0.3 is 12.1 Å². The Kier molecular flexibility index (Phi) is 9.63. The molecule has 4 rings (SSSR count). The number of rotatable bonds is 13. The number of para-hydroxylation sites is 1. The molecule has 204 valence electrons. The lowest BCUT2D eigenvalue weighted by atomic mass is 10.00. The molecule has 3 aromatic carbocycles. The summed E-state index contributed by atoms with van der Waals surface area (Å²) in [7, 11) is 0. The van der Waals surface area contributed by atoms with E-state index in [2.05, 4.69) is 5.32 Å². The average Bonchev–Trinajstić information content (AvgIpc) is 3.41. The van der Waals surface area contributed by atoms with E-state index in [4.69, 9.17) is 33.9 Å². The van der Waals surface area contributed by atoms with Crippen molar-refractivity contribution in [2.75, 3.05) is 25.3 Å². The van der Waals surface area contributed by atoms with Crippen molar-refractivity contribution >= 4 is 17.7 Å². The Morgan fingerprint density at radius 1 is 0.974 bits per heavy atom. The summed E-state index contributed by atoms with van der Waals surface area (Å²) in [6, 6.07) is 21.0. The van der Waals surface area contributed by atoms with Crippen LogP contribution in [0.25, 0.3) is 0 Å². The van der Waals surface area contributed by atoms with Crippen LogP contribution in [0.2, 0.25) is 0 Å². The lowest BCUT2D eigenvalue weighted by Gasteiger charge is -2.28. The summed E-state index contributed by atoms with van der Waals surface area (Å²) in [5.74, 6) is 1.16. The number of carboxylic acid groups (broad SMARTS) is 1. The van der Waals surface area contributed by atoms with Crippen molar-refractivity contribution in [3.63, 3.8) is 0 Å². The Hall–Kier alpha value is -4.70. The largest absolute Gasteiger partial charge is 0.491 e. The maximum absolute atomic E-state index is 13.1. The van der Waals surface area contributed by atoms with Crippen LogP contribution in [-0.4, -0.2) is 48.4 Å². The van der Waals surface area contributed by atoms with Crippen molar-refractivity contribution in [2.45, 2.75) is 25.0 Å².